The molecule has 120 valence electrons. The first-order valence-electron chi connectivity index (χ1n) is 7.04. The minimum absolute atomic E-state index is 0.0675. The molecule has 0 saturated carbocycles. The molecular weight excluding hydrogens is 316 g/mol. The van der Waals surface area contributed by atoms with Crippen molar-refractivity contribution in [1.82, 2.24) is 0 Å². The zero-order chi connectivity index (χ0) is 16.6. The summed E-state index contributed by atoms with van der Waals surface area (Å²) in [5, 5.41) is 0. The summed E-state index contributed by atoms with van der Waals surface area (Å²) in [4.78, 5) is 13.5. The van der Waals surface area contributed by atoms with E-state index < -0.39 is 16.1 Å². The number of carbonyl (C=O) groups excluding carboxylic acids is 1. The van der Waals surface area contributed by atoms with Crippen LogP contribution in [-0.2, 0) is 14.8 Å². The Morgan fingerprint density at radius 1 is 1.13 bits per heavy atom. The van der Waals surface area contributed by atoms with E-state index >= 15 is 0 Å². The Bertz CT molecular complexity index is 850. The summed E-state index contributed by atoms with van der Waals surface area (Å²) in [7, 11) is -2.15. The van der Waals surface area contributed by atoms with Gasteiger partial charge < -0.3 is 9.64 Å². The highest BCUT2D eigenvalue weighted by Gasteiger charge is 2.30. The molecule has 2 aromatic rings. The van der Waals surface area contributed by atoms with Gasteiger partial charge in [0.1, 0.15) is 5.75 Å². The molecule has 6 nitrogen and oxygen atoms in total. The predicted molar refractivity (Wildman–Crippen MR) is 87.2 cm³/mol. The van der Waals surface area contributed by atoms with Gasteiger partial charge in [0.15, 0.2) is 6.10 Å². The van der Waals surface area contributed by atoms with Crippen LogP contribution in [0.15, 0.2) is 53.4 Å². The number of benzene rings is 2. The van der Waals surface area contributed by atoms with Crippen molar-refractivity contribution in [2.24, 2.45) is 0 Å². The van der Waals surface area contributed by atoms with Crippen molar-refractivity contribution in [3.63, 3.8) is 0 Å². The SMILES string of the molecule is CC1Oc2ccc(S(=O)(=O)Nc3ccccc3)cc2N(C)C1=O. The Balaban J connectivity index is 1.97. The summed E-state index contributed by atoms with van der Waals surface area (Å²) in [5.74, 6) is 0.265. The van der Waals surface area contributed by atoms with E-state index in [-0.39, 0.29) is 10.8 Å². The van der Waals surface area contributed by atoms with Gasteiger partial charge in [-0.3, -0.25) is 9.52 Å². The van der Waals surface area contributed by atoms with Crippen LogP contribution in [0.3, 0.4) is 0 Å². The second-order valence-electron chi connectivity index (χ2n) is 5.26. The molecule has 0 bridgehead atoms. The normalized spacial score (nSPS) is 17.4. The van der Waals surface area contributed by atoms with E-state index in [0.717, 1.165) is 0 Å². The van der Waals surface area contributed by atoms with Gasteiger partial charge in [-0.15, -0.1) is 0 Å². The van der Waals surface area contributed by atoms with Gasteiger partial charge in [0.25, 0.3) is 15.9 Å². The summed E-state index contributed by atoms with van der Waals surface area (Å²) in [5.41, 5.74) is 0.906. The molecule has 7 heteroatoms. The summed E-state index contributed by atoms with van der Waals surface area (Å²) < 4.78 is 33.0. The molecule has 2 aromatic carbocycles. The van der Waals surface area contributed by atoms with Crippen molar-refractivity contribution in [3.8, 4) is 5.75 Å². The number of anilines is 2. The van der Waals surface area contributed by atoms with E-state index in [4.69, 9.17) is 4.74 Å². The molecule has 0 aromatic heterocycles. The highest BCUT2D eigenvalue weighted by molar-refractivity contribution is 7.92. The minimum Gasteiger partial charge on any atom is -0.479 e. The number of sulfonamides is 1. The second-order valence-corrected chi connectivity index (χ2v) is 6.94. The van der Waals surface area contributed by atoms with E-state index in [1.807, 2.05) is 0 Å². The van der Waals surface area contributed by atoms with Crippen molar-refractivity contribution < 1.29 is 17.9 Å². The lowest BCUT2D eigenvalue weighted by molar-refractivity contribution is -0.125. The van der Waals surface area contributed by atoms with Crippen molar-refractivity contribution in [2.75, 3.05) is 16.7 Å². The van der Waals surface area contributed by atoms with E-state index in [9.17, 15) is 13.2 Å². The number of nitrogens with one attached hydrogen (secondary N) is 1. The average molecular weight is 332 g/mol. The maximum absolute atomic E-state index is 12.5. The summed E-state index contributed by atoms with van der Waals surface area (Å²) >= 11 is 0. The number of fused-ring (bicyclic) bond motifs is 1. The first kappa shape index (κ1) is 15.4. The standard InChI is InChI=1S/C16H16N2O4S/c1-11-16(19)18(2)14-10-13(8-9-15(14)22-11)23(20,21)17-12-6-4-3-5-7-12/h3-11,17H,1-2H3. The van der Waals surface area contributed by atoms with Crippen molar-refractivity contribution in [1.29, 1.82) is 0 Å². The number of para-hydroxylation sites is 1. The fourth-order valence-electron chi connectivity index (χ4n) is 2.38. The predicted octanol–water partition coefficient (Wildman–Crippen LogP) is 2.23. The number of hydrogen-bond acceptors (Lipinski definition) is 4. The Hall–Kier alpha value is -2.54. The van der Waals surface area contributed by atoms with Gasteiger partial charge in [0.2, 0.25) is 0 Å². The number of nitrogens with zero attached hydrogens (tertiary/aromatic N) is 1. The highest BCUT2D eigenvalue weighted by Crippen LogP contribution is 2.35. The lowest BCUT2D eigenvalue weighted by Crippen LogP contribution is -2.42. The molecule has 1 amide bonds. The molecule has 23 heavy (non-hydrogen) atoms. The quantitative estimate of drug-likeness (QED) is 0.935. The van der Waals surface area contributed by atoms with Crippen molar-refractivity contribution in [3.05, 3.63) is 48.5 Å². The van der Waals surface area contributed by atoms with Crippen LogP contribution in [0.1, 0.15) is 6.92 Å². The van der Waals surface area contributed by atoms with Gasteiger partial charge in [-0.05, 0) is 37.3 Å². The maximum Gasteiger partial charge on any atom is 0.267 e. The van der Waals surface area contributed by atoms with Gasteiger partial charge >= 0.3 is 0 Å². The average Bonchev–Trinajstić information content (AvgIpc) is 2.53. The van der Waals surface area contributed by atoms with Gasteiger partial charge in [0.05, 0.1) is 10.6 Å². The summed E-state index contributed by atoms with van der Waals surface area (Å²) in [6, 6.07) is 13.1. The van der Waals surface area contributed by atoms with E-state index in [1.54, 1.807) is 50.4 Å². The Labute approximate surface area is 134 Å². The third-order valence-electron chi connectivity index (χ3n) is 3.61. The van der Waals surface area contributed by atoms with Crippen molar-refractivity contribution in [2.45, 2.75) is 17.9 Å². The van der Waals surface area contributed by atoms with Crippen LogP contribution >= 0.6 is 0 Å². The molecule has 0 radical (unpaired) electrons. The number of amides is 1. The third kappa shape index (κ3) is 2.87. The van der Waals surface area contributed by atoms with Crippen LogP contribution in [0.25, 0.3) is 0 Å². The fourth-order valence-corrected chi connectivity index (χ4v) is 3.46. The lowest BCUT2D eigenvalue weighted by atomic mass is 10.2. The van der Waals surface area contributed by atoms with E-state index in [2.05, 4.69) is 4.72 Å². The molecule has 1 aliphatic rings. The van der Waals surface area contributed by atoms with Gasteiger partial charge in [-0.25, -0.2) is 8.42 Å². The highest BCUT2D eigenvalue weighted by atomic mass is 32.2. The Morgan fingerprint density at radius 3 is 2.52 bits per heavy atom. The number of likely N-dealkylation sites (N-methyl/N-ethyl adjacent to an activating group) is 1. The summed E-state index contributed by atoms with van der Waals surface area (Å²) in [6.45, 7) is 1.66. The van der Waals surface area contributed by atoms with Crippen LogP contribution in [0.5, 0.6) is 5.75 Å². The number of hydrogen-bond donors (Lipinski definition) is 1. The molecule has 1 atom stereocenters. The van der Waals surface area contributed by atoms with Gasteiger partial charge in [-0.1, -0.05) is 18.2 Å². The molecule has 0 saturated heterocycles. The molecule has 1 heterocycles. The van der Waals surface area contributed by atoms with Crippen LogP contribution in [0.4, 0.5) is 11.4 Å². The molecule has 3 rings (SSSR count). The number of carbonyl (C=O) groups is 1. The zero-order valence-corrected chi connectivity index (χ0v) is 13.5. The molecule has 1 N–H and O–H groups in total. The number of rotatable bonds is 3. The summed E-state index contributed by atoms with van der Waals surface area (Å²) in [6.07, 6.45) is -0.586. The van der Waals surface area contributed by atoms with Crippen LogP contribution < -0.4 is 14.4 Å². The molecule has 0 aliphatic carbocycles. The third-order valence-corrected chi connectivity index (χ3v) is 4.99. The number of ether oxygens (including phenoxy) is 1. The molecular formula is C16H16N2O4S. The van der Waals surface area contributed by atoms with Crippen LogP contribution in [0.2, 0.25) is 0 Å². The zero-order valence-electron chi connectivity index (χ0n) is 12.7. The molecule has 1 unspecified atom stereocenters. The first-order chi connectivity index (χ1) is 10.9. The van der Waals surface area contributed by atoms with Gasteiger partial charge in [-0.2, -0.15) is 0 Å². The smallest absolute Gasteiger partial charge is 0.267 e. The fraction of sp³-hybridized carbons (Fsp3) is 0.188. The van der Waals surface area contributed by atoms with Crippen molar-refractivity contribution >= 4 is 27.3 Å². The van der Waals surface area contributed by atoms with Gasteiger partial charge in [0, 0.05) is 12.7 Å². The topological polar surface area (TPSA) is 75.7 Å². The van der Waals surface area contributed by atoms with Crippen LogP contribution in [-0.4, -0.2) is 27.5 Å². The Kier molecular flexibility index (Phi) is 3.73. The Morgan fingerprint density at radius 2 is 1.83 bits per heavy atom. The largest absolute Gasteiger partial charge is 0.479 e. The minimum atomic E-state index is -3.74. The molecule has 1 aliphatic heterocycles. The lowest BCUT2D eigenvalue weighted by Gasteiger charge is -2.30. The van der Waals surface area contributed by atoms with Crippen LogP contribution in [0, 0.1) is 0 Å². The second kappa shape index (κ2) is 5.58. The molecule has 0 spiro atoms. The van der Waals surface area contributed by atoms with E-state index in [1.165, 1.54) is 17.0 Å². The van der Waals surface area contributed by atoms with E-state index in [0.29, 0.717) is 17.1 Å². The first-order valence-corrected chi connectivity index (χ1v) is 8.53. The maximum atomic E-state index is 12.5. The molecule has 0 fully saturated rings. The monoisotopic (exact) mass is 332 g/mol.